The van der Waals surface area contributed by atoms with Gasteiger partial charge in [0.05, 0.1) is 0 Å². The summed E-state index contributed by atoms with van der Waals surface area (Å²) in [6.45, 7) is 2.26. The highest BCUT2D eigenvalue weighted by Crippen LogP contribution is 2.46. The van der Waals surface area contributed by atoms with Gasteiger partial charge in [0, 0.05) is 0 Å². The third-order valence-electron chi connectivity index (χ3n) is 1.77. The zero-order valence-electron chi connectivity index (χ0n) is 7.85. The maximum absolute atomic E-state index is 2.26. The maximum atomic E-state index is 2.26. The fourth-order valence-electron chi connectivity index (χ4n) is 0.949. The van der Waals surface area contributed by atoms with Crippen LogP contribution in [0.2, 0.25) is 0 Å². The second-order valence-electron chi connectivity index (χ2n) is 2.40. The molecule has 0 aromatic carbocycles. The van der Waals surface area contributed by atoms with Crippen molar-refractivity contribution in [2.45, 2.75) is 29.6 Å². The van der Waals surface area contributed by atoms with Crippen molar-refractivity contribution in [2.75, 3.05) is 18.8 Å². The van der Waals surface area contributed by atoms with E-state index in [1.54, 1.807) is 0 Å². The van der Waals surface area contributed by atoms with Crippen molar-refractivity contribution in [3.8, 4) is 0 Å². The van der Waals surface area contributed by atoms with E-state index in [4.69, 9.17) is 0 Å². The van der Waals surface area contributed by atoms with E-state index in [2.05, 4.69) is 25.7 Å². The SMILES string of the molecule is CCCCC(SC)(SC)SC. The maximum Gasteiger partial charge on any atom is 0.106 e. The predicted molar refractivity (Wildman–Crippen MR) is 62.8 cm³/mol. The van der Waals surface area contributed by atoms with Crippen LogP contribution in [0.3, 0.4) is 0 Å². The lowest BCUT2D eigenvalue weighted by Gasteiger charge is -2.27. The van der Waals surface area contributed by atoms with Gasteiger partial charge in [-0.3, -0.25) is 0 Å². The normalized spacial score (nSPS) is 12.0. The lowest BCUT2D eigenvalue weighted by atomic mass is 10.3. The van der Waals surface area contributed by atoms with Gasteiger partial charge < -0.3 is 0 Å². The zero-order valence-corrected chi connectivity index (χ0v) is 10.3. The van der Waals surface area contributed by atoms with Crippen LogP contribution >= 0.6 is 35.3 Å². The molecule has 0 saturated carbocycles. The van der Waals surface area contributed by atoms with Crippen LogP contribution < -0.4 is 0 Å². The Morgan fingerprint density at radius 1 is 1.00 bits per heavy atom. The molecule has 0 N–H and O–H groups in total. The van der Waals surface area contributed by atoms with Crippen LogP contribution in [0.5, 0.6) is 0 Å². The molecule has 0 atom stereocenters. The molecule has 0 aliphatic rings. The lowest BCUT2D eigenvalue weighted by Crippen LogP contribution is -2.13. The highest BCUT2D eigenvalue weighted by Gasteiger charge is 2.25. The lowest BCUT2D eigenvalue weighted by molar-refractivity contribution is 0.748. The van der Waals surface area contributed by atoms with Gasteiger partial charge in [0.1, 0.15) is 3.41 Å². The molecule has 0 rings (SSSR count). The molecule has 0 radical (unpaired) electrons. The van der Waals surface area contributed by atoms with Gasteiger partial charge in [-0.25, -0.2) is 0 Å². The second-order valence-corrected chi connectivity index (χ2v) is 6.49. The standard InChI is InChI=1S/C8H18S3/c1-5-6-7-8(9-2,10-3)11-4/h5-7H2,1-4H3. The van der Waals surface area contributed by atoms with Crippen LogP contribution in [0.4, 0.5) is 0 Å². The summed E-state index contributed by atoms with van der Waals surface area (Å²) in [6, 6.07) is 0. The number of rotatable bonds is 6. The first kappa shape index (κ1) is 12.0. The van der Waals surface area contributed by atoms with Crippen LogP contribution in [0.15, 0.2) is 0 Å². The van der Waals surface area contributed by atoms with Gasteiger partial charge in [-0.2, -0.15) is 0 Å². The number of hydrogen-bond acceptors (Lipinski definition) is 3. The van der Waals surface area contributed by atoms with E-state index in [9.17, 15) is 0 Å². The summed E-state index contributed by atoms with van der Waals surface area (Å²) in [7, 11) is 0. The molecule has 3 heteroatoms. The molecule has 0 aliphatic carbocycles. The van der Waals surface area contributed by atoms with Crippen LogP contribution in [0.1, 0.15) is 26.2 Å². The summed E-state index contributed by atoms with van der Waals surface area (Å²) in [5.41, 5.74) is 0. The first-order valence-electron chi connectivity index (χ1n) is 3.90. The van der Waals surface area contributed by atoms with E-state index in [1.165, 1.54) is 19.3 Å². The smallest absolute Gasteiger partial charge is 0.106 e. The summed E-state index contributed by atoms with van der Waals surface area (Å²) < 4.78 is 0.427. The molecular formula is C8H18S3. The summed E-state index contributed by atoms with van der Waals surface area (Å²) in [5.74, 6) is 0. The Labute approximate surface area is 83.7 Å². The summed E-state index contributed by atoms with van der Waals surface area (Å²) in [5, 5.41) is 0. The molecule has 0 heterocycles. The third-order valence-corrected chi connectivity index (χ3v) is 7.25. The largest absolute Gasteiger partial charge is 0.137 e. The van der Waals surface area contributed by atoms with Gasteiger partial charge in [0.15, 0.2) is 0 Å². The molecule has 0 aliphatic heterocycles. The Kier molecular flexibility index (Phi) is 7.18. The Bertz CT molecular complexity index is 81.1. The van der Waals surface area contributed by atoms with Crippen molar-refractivity contribution < 1.29 is 0 Å². The summed E-state index contributed by atoms with van der Waals surface area (Å²) in [6.07, 6.45) is 10.6. The molecule has 11 heavy (non-hydrogen) atoms. The minimum absolute atomic E-state index is 0.427. The minimum Gasteiger partial charge on any atom is -0.137 e. The van der Waals surface area contributed by atoms with Crippen LogP contribution in [-0.4, -0.2) is 22.2 Å². The molecule has 0 nitrogen and oxygen atoms in total. The van der Waals surface area contributed by atoms with Gasteiger partial charge in [0.25, 0.3) is 0 Å². The van der Waals surface area contributed by atoms with Crippen molar-refractivity contribution in [3.05, 3.63) is 0 Å². The number of unbranched alkanes of at least 4 members (excludes halogenated alkanes) is 1. The minimum atomic E-state index is 0.427. The van der Waals surface area contributed by atoms with Crippen molar-refractivity contribution >= 4 is 35.3 Å². The molecular weight excluding hydrogens is 192 g/mol. The van der Waals surface area contributed by atoms with E-state index in [0.717, 1.165) is 0 Å². The Balaban J connectivity index is 3.84. The Morgan fingerprint density at radius 2 is 1.45 bits per heavy atom. The van der Waals surface area contributed by atoms with Gasteiger partial charge in [0.2, 0.25) is 0 Å². The quantitative estimate of drug-likeness (QED) is 0.610. The first-order chi connectivity index (χ1) is 5.24. The molecule has 0 aromatic heterocycles. The highest BCUT2D eigenvalue weighted by atomic mass is 32.3. The number of hydrogen-bond donors (Lipinski definition) is 0. The average molecular weight is 210 g/mol. The predicted octanol–water partition coefficient (Wildman–Crippen LogP) is 3.92. The van der Waals surface area contributed by atoms with Gasteiger partial charge >= 0.3 is 0 Å². The Hall–Kier alpha value is 1.05. The number of thioether (sulfide) groups is 3. The second kappa shape index (κ2) is 6.55. The van der Waals surface area contributed by atoms with Crippen molar-refractivity contribution in [2.24, 2.45) is 0 Å². The highest BCUT2D eigenvalue weighted by molar-refractivity contribution is 8.33. The van der Waals surface area contributed by atoms with Gasteiger partial charge in [-0.15, -0.1) is 35.3 Å². The van der Waals surface area contributed by atoms with Crippen LogP contribution in [0.25, 0.3) is 0 Å². The molecule has 0 fully saturated rings. The van der Waals surface area contributed by atoms with Crippen molar-refractivity contribution in [1.82, 2.24) is 0 Å². The topological polar surface area (TPSA) is 0 Å². The van der Waals surface area contributed by atoms with E-state index < -0.39 is 0 Å². The molecule has 0 saturated heterocycles. The first-order valence-corrected chi connectivity index (χ1v) is 7.57. The van der Waals surface area contributed by atoms with Crippen molar-refractivity contribution in [3.63, 3.8) is 0 Å². The fourth-order valence-corrected chi connectivity index (χ4v) is 3.99. The molecule has 0 unspecified atom stereocenters. The van der Waals surface area contributed by atoms with Crippen LogP contribution in [0, 0.1) is 0 Å². The fraction of sp³-hybridized carbons (Fsp3) is 1.00. The monoisotopic (exact) mass is 210 g/mol. The van der Waals surface area contributed by atoms with Gasteiger partial charge in [-0.05, 0) is 25.2 Å². The Morgan fingerprint density at radius 3 is 1.73 bits per heavy atom. The van der Waals surface area contributed by atoms with Gasteiger partial charge in [-0.1, -0.05) is 19.8 Å². The van der Waals surface area contributed by atoms with E-state index >= 15 is 0 Å². The van der Waals surface area contributed by atoms with Crippen molar-refractivity contribution in [1.29, 1.82) is 0 Å². The van der Waals surface area contributed by atoms with E-state index in [-0.39, 0.29) is 0 Å². The van der Waals surface area contributed by atoms with Crippen LogP contribution in [-0.2, 0) is 0 Å². The molecule has 0 aromatic rings. The molecule has 0 spiro atoms. The third kappa shape index (κ3) is 4.00. The molecule has 0 bridgehead atoms. The summed E-state index contributed by atoms with van der Waals surface area (Å²) >= 11 is 5.95. The molecule has 68 valence electrons. The van der Waals surface area contributed by atoms with E-state index in [0.29, 0.717) is 3.41 Å². The zero-order chi connectivity index (χ0) is 8.74. The summed E-state index contributed by atoms with van der Waals surface area (Å²) in [4.78, 5) is 0. The van der Waals surface area contributed by atoms with E-state index in [1.807, 2.05) is 35.3 Å². The molecule has 0 amide bonds. The average Bonchev–Trinajstić information content (AvgIpc) is 2.08.